The molecule has 0 spiro atoms. The molecule has 2 atom stereocenters. The van der Waals surface area contributed by atoms with Crippen molar-refractivity contribution in [2.24, 2.45) is 0 Å². The van der Waals surface area contributed by atoms with E-state index in [1.54, 1.807) is 4.90 Å². The largest absolute Gasteiger partial charge is 0.391 e. The van der Waals surface area contributed by atoms with E-state index in [4.69, 9.17) is 0 Å². The number of nitrogens with zero attached hydrogens (tertiary/aromatic N) is 1. The second-order valence-electron chi connectivity index (χ2n) is 7.72. The van der Waals surface area contributed by atoms with Crippen molar-refractivity contribution < 1.29 is 14.7 Å². The number of carbonyl (C=O) groups excluding carboxylic acids is 2. The Bertz CT molecular complexity index is 1090. The van der Waals surface area contributed by atoms with Crippen LogP contribution >= 0.6 is 0 Å². The zero-order chi connectivity index (χ0) is 18.5. The van der Waals surface area contributed by atoms with Crippen molar-refractivity contribution in [3.63, 3.8) is 0 Å². The molecule has 0 saturated heterocycles. The van der Waals surface area contributed by atoms with Gasteiger partial charge in [0.25, 0.3) is 5.91 Å². The Morgan fingerprint density at radius 2 is 1.44 bits per heavy atom. The Morgan fingerprint density at radius 1 is 0.815 bits per heavy atom. The molecule has 1 heterocycles. The highest BCUT2D eigenvalue weighted by Crippen LogP contribution is 2.32. The molecule has 0 radical (unpaired) electrons. The zero-order valence-corrected chi connectivity index (χ0v) is 15.0. The van der Waals surface area contributed by atoms with Gasteiger partial charge >= 0.3 is 0 Å². The number of hydrogen-bond acceptors (Lipinski definition) is 3. The molecule has 27 heavy (non-hydrogen) atoms. The number of amides is 1. The average molecular weight is 359 g/mol. The van der Waals surface area contributed by atoms with Gasteiger partial charge < -0.3 is 10.0 Å². The maximum absolute atomic E-state index is 13.2. The van der Waals surface area contributed by atoms with Gasteiger partial charge in [-0.15, -0.1) is 0 Å². The maximum Gasteiger partial charge on any atom is 0.255 e. The van der Waals surface area contributed by atoms with Crippen LogP contribution in [0.2, 0.25) is 0 Å². The summed E-state index contributed by atoms with van der Waals surface area (Å²) in [5, 5.41) is 14.5. The van der Waals surface area contributed by atoms with Crippen LogP contribution in [0, 0.1) is 0 Å². The third-order valence-electron chi connectivity index (χ3n) is 6.04. The fraction of sp³-hybridized carbons (Fsp3) is 0.304. The van der Waals surface area contributed by atoms with E-state index in [1.165, 1.54) is 0 Å². The first-order valence-corrected chi connectivity index (χ1v) is 9.60. The first kappa shape index (κ1) is 16.5. The van der Waals surface area contributed by atoms with Gasteiger partial charge in [0.1, 0.15) is 0 Å². The second kappa shape index (κ2) is 6.17. The Labute approximate surface area is 157 Å². The highest BCUT2D eigenvalue weighted by atomic mass is 16.3. The second-order valence-corrected chi connectivity index (χ2v) is 7.72. The fourth-order valence-electron chi connectivity index (χ4n) is 4.59. The molecule has 2 unspecified atom stereocenters. The van der Waals surface area contributed by atoms with Crippen LogP contribution in [0.3, 0.4) is 0 Å². The lowest BCUT2D eigenvalue weighted by Crippen LogP contribution is -2.52. The summed E-state index contributed by atoms with van der Waals surface area (Å²) in [4.78, 5) is 27.6. The van der Waals surface area contributed by atoms with Crippen molar-refractivity contribution in [1.82, 2.24) is 4.90 Å². The van der Waals surface area contributed by atoms with Crippen molar-refractivity contribution in [3.8, 4) is 0 Å². The predicted molar refractivity (Wildman–Crippen MR) is 105 cm³/mol. The molecule has 136 valence electrons. The molecular formula is C23H21NO3. The van der Waals surface area contributed by atoms with Gasteiger partial charge in [0.15, 0.2) is 5.78 Å². The first-order chi connectivity index (χ1) is 13.1. The van der Waals surface area contributed by atoms with E-state index < -0.39 is 6.10 Å². The Balaban J connectivity index is 1.63. The Hall–Kier alpha value is -2.72. The van der Waals surface area contributed by atoms with Gasteiger partial charge in [0, 0.05) is 5.56 Å². The lowest BCUT2D eigenvalue weighted by Gasteiger charge is -2.39. The van der Waals surface area contributed by atoms with Gasteiger partial charge in [-0.2, -0.15) is 0 Å². The number of carbonyl (C=O) groups is 2. The maximum atomic E-state index is 13.2. The molecule has 1 amide bonds. The molecule has 1 fully saturated rings. The van der Waals surface area contributed by atoms with Crippen LogP contribution in [0.25, 0.3) is 21.5 Å². The van der Waals surface area contributed by atoms with Crippen LogP contribution in [0.15, 0.2) is 48.5 Å². The van der Waals surface area contributed by atoms with E-state index in [-0.39, 0.29) is 24.3 Å². The van der Waals surface area contributed by atoms with Gasteiger partial charge in [0.05, 0.1) is 24.3 Å². The third kappa shape index (κ3) is 2.63. The van der Waals surface area contributed by atoms with Crippen LogP contribution in [0.1, 0.15) is 46.4 Å². The summed E-state index contributed by atoms with van der Waals surface area (Å²) in [6.07, 6.45) is 2.87. The molecule has 2 aliphatic rings. The minimum absolute atomic E-state index is 0.0440. The molecule has 0 bridgehead atoms. The summed E-state index contributed by atoms with van der Waals surface area (Å²) in [5.41, 5.74) is 0.969. The topological polar surface area (TPSA) is 57.6 Å². The summed E-state index contributed by atoms with van der Waals surface area (Å²) in [7, 11) is 0. The molecule has 1 aliphatic heterocycles. The molecule has 3 aromatic rings. The Kier molecular flexibility index (Phi) is 3.76. The Morgan fingerprint density at radius 3 is 2.11 bits per heavy atom. The standard InChI is InChI=1S/C23H21NO3/c25-21-8-4-3-7-20(21)24-13-22(26)18-11-16-9-14-5-1-2-6-15(14)10-17(16)12-19(18)23(24)27/h1-2,5-6,9-12,20-21,25H,3-4,7-8,13H2. The fourth-order valence-corrected chi connectivity index (χ4v) is 4.59. The van der Waals surface area contributed by atoms with E-state index in [0.717, 1.165) is 40.8 Å². The van der Waals surface area contributed by atoms with E-state index >= 15 is 0 Å². The molecule has 0 aromatic heterocycles. The minimum atomic E-state index is -0.540. The van der Waals surface area contributed by atoms with Crippen molar-refractivity contribution >= 4 is 33.2 Å². The third-order valence-corrected chi connectivity index (χ3v) is 6.04. The number of aliphatic hydroxyl groups excluding tert-OH is 1. The summed E-state index contributed by atoms with van der Waals surface area (Å²) < 4.78 is 0. The molecule has 1 saturated carbocycles. The number of fused-ring (bicyclic) bond motifs is 3. The van der Waals surface area contributed by atoms with E-state index in [1.807, 2.05) is 36.4 Å². The molecule has 1 N–H and O–H groups in total. The van der Waals surface area contributed by atoms with Crippen LogP contribution < -0.4 is 0 Å². The van der Waals surface area contributed by atoms with Crippen molar-refractivity contribution in [1.29, 1.82) is 0 Å². The van der Waals surface area contributed by atoms with Crippen molar-refractivity contribution in [3.05, 3.63) is 59.7 Å². The minimum Gasteiger partial charge on any atom is -0.391 e. The zero-order valence-electron chi connectivity index (χ0n) is 15.0. The van der Waals surface area contributed by atoms with Gasteiger partial charge in [-0.1, -0.05) is 37.1 Å². The number of aliphatic hydroxyl groups is 1. The lowest BCUT2D eigenvalue weighted by molar-refractivity contribution is 0.0166. The monoisotopic (exact) mass is 359 g/mol. The molecule has 3 aromatic carbocycles. The summed E-state index contributed by atoms with van der Waals surface area (Å²) >= 11 is 0. The molecule has 1 aliphatic carbocycles. The summed E-state index contributed by atoms with van der Waals surface area (Å²) in [5.74, 6) is -0.178. The quantitative estimate of drug-likeness (QED) is 0.670. The van der Waals surface area contributed by atoms with E-state index in [2.05, 4.69) is 12.1 Å². The van der Waals surface area contributed by atoms with E-state index in [0.29, 0.717) is 17.5 Å². The van der Waals surface area contributed by atoms with Gasteiger partial charge in [0.2, 0.25) is 0 Å². The van der Waals surface area contributed by atoms with Crippen LogP contribution in [0.4, 0.5) is 0 Å². The highest BCUT2D eigenvalue weighted by Gasteiger charge is 2.38. The smallest absolute Gasteiger partial charge is 0.255 e. The number of benzene rings is 3. The molecule has 4 heteroatoms. The van der Waals surface area contributed by atoms with E-state index in [9.17, 15) is 14.7 Å². The van der Waals surface area contributed by atoms with Gasteiger partial charge in [-0.3, -0.25) is 9.59 Å². The number of ketones is 1. The summed E-state index contributed by atoms with van der Waals surface area (Å²) in [6.45, 7) is 0.0622. The van der Waals surface area contributed by atoms with Crippen molar-refractivity contribution in [2.45, 2.75) is 37.8 Å². The van der Waals surface area contributed by atoms with Crippen LogP contribution in [0.5, 0.6) is 0 Å². The lowest BCUT2D eigenvalue weighted by atomic mass is 9.87. The number of Topliss-reactive ketones (excluding diaryl/α,β-unsaturated/α-hetero) is 1. The molecule has 5 rings (SSSR count). The SMILES string of the molecule is O=C1CN(C2CCCCC2O)C(=O)c2cc3cc4ccccc4cc3cc21. The number of hydrogen-bond donors (Lipinski definition) is 1. The highest BCUT2D eigenvalue weighted by molar-refractivity contribution is 6.17. The van der Waals surface area contributed by atoms with Crippen molar-refractivity contribution in [2.75, 3.05) is 6.54 Å². The van der Waals surface area contributed by atoms with Crippen LogP contribution in [-0.4, -0.2) is 40.4 Å². The average Bonchev–Trinajstić information content (AvgIpc) is 2.68. The normalized spacial score (nSPS) is 23.1. The van der Waals surface area contributed by atoms with Crippen LogP contribution in [-0.2, 0) is 0 Å². The van der Waals surface area contributed by atoms with Gasteiger partial charge in [-0.05, 0) is 58.7 Å². The number of rotatable bonds is 1. The molecule has 4 nitrogen and oxygen atoms in total. The van der Waals surface area contributed by atoms with Gasteiger partial charge in [-0.25, -0.2) is 0 Å². The first-order valence-electron chi connectivity index (χ1n) is 9.60. The summed E-state index contributed by atoms with van der Waals surface area (Å²) in [6, 6.07) is 15.7. The molecular weight excluding hydrogens is 338 g/mol. The predicted octanol–water partition coefficient (Wildman–Crippen LogP) is 3.94.